The number of aryl methyl sites for hydroxylation is 1. The molecule has 5 rings (SSSR count). The van der Waals surface area contributed by atoms with E-state index in [0.29, 0.717) is 66.6 Å². The minimum absolute atomic E-state index is 0.0119. The van der Waals surface area contributed by atoms with Crippen LogP contribution in [0.15, 0.2) is 29.0 Å². The summed E-state index contributed by atoms with van der Waals surface area (Å²) in [5.74, 6) is 2.42. The fraction of sp³-hybridized carbons (Fsp3) is 0.391. The molecule has 0 spiro atoms. The summed E-state index contributed by atoms with van der Waals surface area (Å²) in [7, 11) is 0. The number of ether oxygens (including phenoxy) is 2. The van der Waals surface area contributed by atoms with Gasteiger partial charge in [0.1, 0.15) is 25.3 Å². The van der Waals surface area contributed by atoms with Crippen LogP contribution in [0.3, 0.4) is 0 Å². The van der Waals surface area contributed by atoms with E-state index in [9.17, 15) is 4.39 Å². The van der Waals surface area contributed by atoms with E-state index in [4.69, 9.17) is 24.6 Å². The molecular weight excluding hydrogens is 441 g/mol. The van der Waals surface area contributed by atoms with E-state index in [0.717, 1.165) is 24.1 Å². The lowest BCUT2D eigenvalue weighted by atomic mass is 10.0. The summed E-state index contributed by atoms with van der Waals surface area (Å²) in [5.41, 5.74) is 8.37. The summed E-state index contributed by atoms with van der Waals surface area (Å²) in [4.78, 5) is 16.7. The van der Waals surface area contributed by atoms with Crippen LogP contribution in [0, 0.1) is 6.08 Å². The van der Waals surface area contributed by atoms with E-state index in [2.05, 4.69) is 34.1 Å². The lowest BCUT2D eigenvalue weighted by molar-refractivity contribution is 0.171. The van der Waals surface area contributed by atoms with Crippen molar-refractivity contribution in [3.63, 3.8) is 0 Å². The highest BCUT2D eigenvalue weighted by Crippen LogP contribution is 2.38. The molecule has 0 unspecified atom stereocenters. The summed E-state index contributed by atoms with van der Waals surface area (Å²) in [6.45, 7) is 6.51. The summed E-state index contributed by atoms with van der Waals surface area (Å²) in [6, 6.07) is 4.15. The van der Waals surface area contributed by atoms with E-state index in [-0.39, 0.29) is 5.82 Å². The molecule has 0 bridgehead atoms. The van der Waals surface area contributed by atoms with Crippen molar-refractivity contribution in [2.24, 2.45) is 0 Å². The van der Waals surface area contributed by atoms with Crippen LogP contribution in [0.2, 0.25) is 0 Å². The Morgan fingerprint density at radius 1 is 1.15 bits per heavy atom. The summed E-state index contributed by atoms with van der Waals surface area (Å²) in [6.07, 6.45) is 3.43. The van der Waals surface area contributed by atoms with Gasteiger partial charge in [0, 0.05) is 24.6 Å². The predicted molar refractivity (Wildman–Crippen MR) is 123 cm³/mol. The number of oxazole rings is 1. The molecule has 0 aliphatic carbocycles. The number of nitrogens with two attached hydrogens (primary N) is 1. The zero-order valence-corrected chi connectivity index (χ0v) is 19.0. The molecule has 0 saturated heterocycles. The van der Waals surface area contributed by atoms with Crippen molar-refractivity contribution < 1.29 is 18.3 Å². The Labute approximate surface area is 195 Å². The number of nitrogens with zero attached hydrogens (tertiary/aromatic N) is 5. The average Bonchev–Trinajstić information content (AvgIpc) is 3.45. The second-order valence-electron chi connectivity index (χ2n) is 8.36. The Morgan fingerprint density at radius 2 is 1.94 bits per heavy atom. The first-order valence-corrected chi connectivity index (χ1v) is 11.2. The number of benzene rings is 1. The van der Waals surface area contributed by atoms with Crippen LogP contribution in [0.25, 0.3) is 22.6 Å². The Balaban J connectivity index is 1.57. The maximum Gasteiger partial charge on any atom is 0.312 e. The monoisotopic (exact) mass is 467 g/mol. The normalized spacial score (nSPS) is 13.2. The molecule has 0 saturated carbocycles. The van der Waals surface area contributed by atoms with Gasteiger partial charge in [-0.2, -0.15) is 14.4 Å². The van der Waals surface area contributed by atoms with Gasteiger partial charge in [0.15, 0.2) is 28.5 Å². The highest BCUT2D eigenvalue weighted by Gasteiger charge is 2.22. The number of aromatic nitrogens is 5. The minimum atomic E-state index is -0.877. The highest BCUT2D eigenvalue weighted by atomic mass is 19.1. The molecule has 1 aliphatic heterocycles. The second-order valence-corrected chi connectivity index (χ2v) is 8.36. The second kappa shape index (κ2) is 9.26. The molecule has 10 nitrogen and oxygen atoms in total. The van der Waals surface area contributed by atoms with Crippen molar-refractivity contribution in [3.05, 3.63) is 42.1 Å². The molecule has 0 atom stereocenters. The molecule has 4 heterocycles. The van der Waals surface area contributed by atoms with Gasteiger partial charge in [-0.3, -0.25) is 0 Å². The number of halogens is 1. The van der Waals surface area contributed by atoms with Crippen LogP contribution in [0.5, 0.6) is 11.5 Å². The van der Waals surface area contributed by atoms with Crippen LogP contribution in [-0.4, -0.2) is 50.3 Å². The van der Waals surface area contributed by atoms with Crippen molar-refractivity contribution in [2.75, 3.05) is 25.5 Å². The lowest BCUT2D eigenvalue weighted by Crippen LogP contribution is -2.24. The van der Waals surface area contributed by atoms with Gasteiger partial charge in [0.25, 0.3) is 0 Å². The number of anilines is 1. The Hall–Kier alpha value is -3.73. The standard InChI is InChI=1S/C23H26FN7O3/c1-13(2)26-4-3-6-31-18(28-19-20(25)29-23(24)30-21(19)31)11-14-10-16-17(33-9-8-32-16)12-15(14)22-27-5-7-34-22/h5,7,10,12-13,26H,3-4,6,8-9,11H2,1-2H3,(H2,25,29,30). The summed E-state index contributed by atoms with van der Waals surface area (Å²) < 4.78 is 33.1. The third kappa shape index (κ3) is 4.38. The average molecular weight is 468 g/mol. The first-order chi connectivity index (χ1) is 16.5. The number of nitrogens with one attached hydrogen (secondary N) is 1. The maximum absolute atomic E-state index is 14.0. The maximum atomic E-state index is 14.0. The van der Waals surface area contributed by atoms with Crippen molar-refractivity contribution in [1.82, 2.24) is 29.8 Å². The van der Waals surface area contributed by atoms with Gasteiger partial charge in [-0.05, 0) is 30.7 Å². The topological polar surface area (TPSA) is 126 Å². The fourth-order valence-electron chi connectivity index (χ4n) is 4.04. The van der Waals surface area contributed by atoms with Gasteiger partial charge in [0.05, 0.1) is 6.20 Å². The Morgan fingerprint density at radius 3 is 2.68 bits per heavy atom. The van der Waals surface area contributed by atoms with E-state index in [1.165, 1.54) is 6.26 Å². The Kier molecular flexibility index (Phi) is 6.01. The molecule has 1 aliphatic rings. The zero-order valence-electron chi connectivity index (χ0n) is 19.0. The molecule has 3 aromatic heterocycles. The van der Waals surface area contributed by atoms with Crippen LogP contribution in [0.1, 0.15) is 31.7 Å². The lowest BCUT2D eigenvalue weighted by Gasteiger charge is -2.20. The van der Waals surface area contributed by atoms with Crippen molar-refractivity contribution in [3.8, 4) is 23.0 Å². The quantitative estimate of drug-likeness (QED) is 0.297. The fourth-order valence-corrected chi connectivity index (χ4v) is 4.04. The molecule has 4 aromatic rings. The number of nitrogen functional groups attached to an aromatic ring is 1. The van der Waals surface area contributed by atoms with Gasteiger partial charge >= 0.3 is 6.08 Å². The van der Waals surface area contributed by atoms with E-state index >= 15 is 0 Å². The number of hydrogen-bond acceptors (Lipinski definition) is 9. The molecule has 34 heavy (non-hydrogen) atoms. The number of hydrogen-bond donors (Lipinski definition) is 2. The first kappa shape index (κ1) is 22.1. The molecule has 1 aromatic carbocycles. The molecular formula is C23H26FN7O3. The highest BCUT2D eigenvalue weighted by molar-refractivity contribution is 5.82. The number of imidazole rings is 1. The van der Waals surface area contributed by atoms with Gasteiger partial charge in [-0.15, -0.1) is 0 Å². The van der Waals surface area contributed by atoms with Crippen LogP contribution < -0.4 is 20.5 Å². The van der Waals surface area contributed by atoms with Gasteiger partial charge in [0.2, 0.25) is 5.89 Å². The molecule has 178 valence electrons. The molecule has 11 heteroatoms. The summed E-state index contributed by atoms with van der Waals surface area (Å²) >= 11 is 0. The number of rotatable bonds is 8. The van der Waals surface area contributed by atoms with E-state index < -0.39 is 6.08 Å². The van der Waals surface area contributed by atoms with Crippen molar-refractivity contribution in [1.29, 1.82) is 0 Å². The minimum Gasteiger partial charge on any atom is -0.486 e. The van der Waals surface area contributed by atoms with E-state index in [1.807, 2.05) is 16.7 Å². The van der Waals surface area contributed by atoms with Gasteiger partial charge in [-0.25, -0.2) is 9.97 Å². The zero-order chi connectivity index (χ0) is 23.7. The Bertz CT molecular complexity index is 1300. The van der Waals surface area contributed by atoms with Crippen LogP contribution in [0.4, 0.5) is 10.2 Å². The van der Waals surface area contributed by atoms with Gasteiger partial charge in [-0.1, -0.05) is 13.8 Å². The first-order valence-electron chi connectivity index (χ1n) is 11.2. The third-order valence-corrected chi connectivity index (χ3v) is 5.56. The number of fused-ring (bicyclic) bond motifs is 2. The SMILES string of the molecule is CC(C)NCCCn1c(Cc2cc3c(cc2-c2ncco2)OCCO3)nc2c(N)nc(F)nc21. The van der Waals surface area contributed by atoms with Gasteiger partial charge < -0.3 is 29.5 Å². The third-order valence-electron chi connectivity index (χ3n) is 5.56. The van der Waals surface area contributed by atoms with Crippen LogP contribution in [-0.2, 0) is 13.0 Å². The summed E-state index contributed by atoms with van der Waals surface area (Å²) in [5, 5.41) is 3.39. The molecule has 0 radical (unpaired) electrons. The van der Waals surface area contributed by atoms with Crippen molar-refractivity contribution in [2.45, 2.75) is 39.3 Å². The largest absolute Gasteiger partial charge is 0.486 e. The smallest absolute Gasteiger partial charge is 0.312 e. The molecule has 0 fully saturated rings. The van der Waals surface area contributed by atoms with Crippen LogP contribution >= 0.6 is 0 Å². The molecule has 0 amide bonds. The molecule has 3 N–H and O–H groups in total. The van der Waals surface area contributed by atoms with Crippen molar-refractivity contribution >= 4 is 17.0 Å². The van der Waals surface area contributed by atoms with E-state index in [1.54, 1.807) is 6.20 Å². The predicted octanol–water partition coefficient (Wildman–Crippen LogP) is 2.95.